The first-order chi connectivity index (χ1) is 8.25. The maximum atomic E-state index is 13.0. The summed E-state index contributed by atoms with van der Waals surface area (Å²) < 4.78 is 40.6. The van der Waals surface area contributed by atoms with Crippen molar-refractivity contribution in [3.8, 4) is 5.75 Å². The first kappa shape index (κ1) is 14.4. The Morgan fingerprint density at radius 1 is 1.50 bits per heavy atom. The van der Waals surface area contributed by atoms with Gasteiger partial charge in [0, 0.05) is 0 Å². The molecule has 0 saturated carbocycles. The minimum atomic E-state index is -4.15. The number of rotatable bonds is 5. The fourth-order valence-corrected chi connectivity index (χ4v) is 1.97. The zero-order valence-corrected chi connectivity index (χ0v) is 10.4. The highest BCUT2D eigenvalue weighted by Crippen LogP contribution is 2.25. The molecule has 1 aromatic carbocycles. The molecule has 100 valence electrons. The number of benzene rings is 1. The SMILES string of the molecule is CCC(Oc1ccc(F)cc1S(N)(=O)=O)C(N)=O. The minimum Gasteiger partial charge on any atom is -0.479 e. The Morgan fingerprint density at radius 3 is 2.56 bits per heavy atom. The maximum Gasteiger partial charge on any atom is 0.258 e. The maximum absolute atomic E-state index is 13.0. The lowest BCUT2D eigenvalue weighted by Gasteiger charge is -2.16. The Bertz CT molecular complexity index is 559. The van der Waals surface area contributed by atoms with Gasteiger partial charge < -0.3 is 10.5 Å². The van der Waals surface area contributed by atoms with E-state index in [1.165, 1.54) is 0 Å². The number of hydrogen-bond donors (Lipinski definition) is 2. The first-order valence-corrected chi connectivity index (χ1v) is 6.58. The normalized spacial score (nSPS) is 13.1. The lowest BCUT2D eigenvalue weighted by Crippen LogP contribution is -2.33. The van der Waals surface area contributed by atoms with Crippen LogP contribution in [0.5, 0.6) is 5.75 Å². The van der Waals surface area contributed by atoms with Gasteiger partial charge in [-0.2, -0.15) is 0 Å². The quantitative estimate of drug-likeness (QED) is 0.795. The van der Waals surface area contributed by atoms with Crippen molar-refractivity contribution < 1.29 is 22.3 Å². The fourth-order valence-electron chi connectivity index (χ4n) is 1.30. The summed E-state index contributed by atoms with van der Waals surface area (Å²) in [4.78, 5) is 10.5. The van der Waals surface area contributed by atoms with E-state index in [2.05, 4.69) is 0 Å². The second-order valence-corrected chi connectivity index (χ2v) is 5.08. The van der Waals surface area contributed by atoms with E-state index in [-0.39, 0.29) is 12.2 Å². The van der Waals surface area contributed by atoms with Gasteiger partial charge in [0.05, 0.1) is 0 Å². The number of carbonyl (C=O) groups is 1. The van der Waals surface area contributed by atoms with Crippen molar-refractivity contribution >= 4 is 15.9 Å². The molecule has 0 bridgehead atoms. The number of hydrogen-bond acceptors (Lipinski definition) is 4. The van der Waals surface area contributed by atoms with E-state index in [9.17, 15) is 17.6 Å². The van der Waals surface area contributed by atoms with Crippen molar-refractivity contribution in [3.05, 3.63) is 24.0 Å². The Hall–Kier alpha value is -1.67. The number of carbonyl (C=O) groups excluding carboxylic acids is 1. The molecule has 1 amide bonds. The van der Waals surface area contributed by atoms with Crippen LogP contribution in [0.25, 0.3) is 0 Å². The van der Waals surface area contributed by atoms with Gasteiger partial charge in [0.2, 0.25) is 10.0 Å². The molecule has 0 aliphatic heterocycles. The molecule has 0 aliphatic rings. The average Bonchev–Trinajstić information content (AvgIpc) is 2.25. The summed E-state index contributed by atoms with van der Waals surface area (Å²) in [5.41, 5.74) is 5.07. The van der Waals surface area contributed by atoms with Gasteiger partial charge in [-0.25, -0.2) is 17.9 Å². The summed E-state index contributed by atoms with van der Waals surface area (Å²) in [6.07, 6.45) is -0.757. The largest absolute Gasteiger partial charge is 0.479 e. The number of nitrogens with two attached hydrogens (primary N) is 2. The summed E-state index contributed by atoms with van der Waals surface area (Å²) in [6.45, 7) is 1.63. The van der Waals surface area contributed by atoms with E-state index in [0.29, 0.717) is 0 Å². The van der Waals surface area contributed by atoms with Crippen molar-refractivity contribution in [2.24, 2.45) is 10.9 Å². The van der Waals surface area contributed by atoms with Crippen LogP contribution in [0.15, 0.2) is 23.1 Å². The number of ether oxygens (including phenoxy) is 1. The molecular weight excluding hydrogens is 263 g/mol. The molecule has 18 heavy (non-hydrogen) atoms. The lowest BCUT2D eigenvalue weighted by atomic mass is 10.2. The summed E-state index contributed by atoms with van der Waals surface area (Å²) in [7, 11) is -4.15. The fraction of sp³-hybridized carbons (Fsp3) is 0.300. The highest BCUT2D eigenvalue weighted by Gasteiger charge is 2.21. The molecule has 0 aromatic heterocycles. The molecule has 4 N–H and O–H groups in total. The highest BCUT2D eigenvalue weighted by atomic mass is 32.2. The van der Waals surface area contributed by atoms with Crippen LogP contribution in [0.4, 0.5) is 4.39 Å². The number of halogens is 1. The van der Waals surface area contributed by atoms with Crippen LogP contribution in [-0.2, 0) is 14.8 Å². The zero-order valence-electron chi connectivity index (χ0n) is 9.59. The Morgan fingerprint density at radius 2 is 2.11 bits per heavy atom. The molecule has 1 unspecified atom stereocenters. The Balaban J connectivity index is 3.21. The number of sulfonamides is 1. The molecule has 0 aliphatic carbocycles. The smallest absolute Gasteiger partial charge is 0.258 e. The van der Waals surface area contributed by atoms with Crippen LogP contribution in [0.1, 0.15) is 13.3 Å². The third kappa shape index (κ3) is 3.41. The van der Waals surface area contributed by atoms with Crippen molar-refractivity contribution in [2.75, 3.05) is 0 Å². The predicted octanol–water partition coefficient (Wildman–Crippen LogP) is 0.116. The Kier molecular flexibility index (Phi) is 4.25. The van der Waals surface area contributed by atoms with Crippen LogP contribution in [0.3, 0.4) is 0 Å². The van der Waals surface area contributed by atoms with Gasteiger partial charge >= 0.3 is 0 Å². The molecule has 6 nitrogen and oxygen atoms in total. The van der Waals surface area contributed by atoms with E-state index in [4.69, 9.17) is 15.6 Å². The molecule has 1 atom stereocenters. The number of primary amides is 1. The topological polar surface area (TPSA) is 112 Å². The van der Waals surface area contributed by atoms with E-state index in [1.807, 2.05) is 0 Å². The third-order valence-corrected chi connectivity index (χ3v) is 3.10. The molecule has 8 heteroatoms. The van der Waals surface area contributed by atoms with Crippen molar-refractivity contribution in [2.45, 2.75) is 24.3 Å². The lowest BCUT2D eigenvalue weighted by molar-refractivity contribution is -0.124. The van der Waals surface area contributed by atoms with Crippen LogP contribution in [-0.4, -0.2) is 20.4 Å². The van der Waals surface area contributed by atoms with Gasteiger partial charge in [0.15, 0.2) is 6.10 Å². The zero-order chi connectivity index (χ0) is 13.9. The van der Waals surface area contributed by atoms with Gasteiger partial charge in [0.1, 0.15) is 16.5 Å². The molecule has 0 radical (unpaired) electrons. The second-order valence-electron chi connectivity index (χ2n) is 3.55. The summed E-state index contributed by atoms with van der Waals surface area (Å²) in [6, 6.07) is 2.80. The van der Waals surface area contributed by atoms with Crippen LogP contribution < -0.4 is 15.6 Å². The minimum absolute atomic E-state index is 0.204. The standard InChI is InChI=1S/C10H13FN2O4S/c1-2-7(10(12)14)17-8-4-3-6(11)5-9(8)18(13,15)16/h3-5,7H,2H2,1H3,(H2,12,14)(H2,13,15,16). The monoisotopic (exact) mass is 276 g/mol. The van der Waals surface area contributed by atoms with Crippen molar-refractivity contribution in [1.29, 1.82) is 0 Å². The van der Waals surface area contributed by atoms with Crippen molar-refractivity contribution in [1.82, 2.24) is 0 Å². The van der Waals surface area contributed by atoms with Gasteiger partial charge in [-0.05, 0) is 24.6 Å². The second kappa shape index (κ2) is 5.32. The molecule has 0 spiro atoms. The summed E-state index contributed by atoms with van der Waals surface area (Å²) >= 11 is 0. The van der Waals surface area contributed by atoms with E-state index in [0.717, 1.165) is 18.2 Å². The van der Waals surface area contributed by atoms with E-state index < -0.39 is 32.7 Å². The average molecular weight is 276 g/mol. The number of primary sulfonamides is 1. The molecule has 1 aromatic rings. The van der Waals surface area contributed by atoms with E-state index in [1.54, 1.807) is 6.92 Å². The highest BCUT2D eigenvalue weighted by molar-refractivity contribution is 7.89. The molecular formula is C10H13FN2O4S. The summed E-state index contributed by atoms with van der Waals surface area (Å²) in [5.74, 6) is -1.73. The molecule has 1 rings (SSSR count). The van der Waals surface area contributed by atoms with Crippen LogP contribution in [0, 0.1) is 5.82 Å². The third-order valence-electron chi connectivity index (χ3n) is 2.17. The molecule has 0 heterocycles. The van der Waals surface area contributed by atoms with Gasteiger partial charge in [-0.1, -0.05) is 6.92 Å². The van der Waals surface area contributed by atoms with Crippen molar-refractivity contribution in [3.63, 3.8) is 0 Å². The number of amides is 1. The van der Waals surface area contributed by atoms with Gasteiger partial charge in [-0.3, -0.25) is 4.79 Å². The predicted molar refractivity (Wildman–Crippen MR) is 61.7 cm³/mol. The van der Waals surface area contributed by atoms with Crippen LogP contribution in [0.2, 0.25) is 0 Å². The van der Waals surface area contributed by atoms with Gasteiger partial charge in [-0.15, -0.1) is 0 Å². The molecule has 0 fully saturated rings. The van der Waals surface area contributed by atoms with Crippen LogP contribution >= 0.6 is 0 Å². The first-order valence-electron chi connectivity index (χ1n) is 5.04. The molecule has 0 saturated heterocycles. The summed E-state index contributed by atoms with van der Waals surface area (Å²) in [5, 5.41) is 4.93. The van der Waals surface area contributed by atoms with E-state index >= 15 is 0 Å². The Labute approximate surface area is 104 Å². The van der Waals surface area contributed by atoms with Gasteiger partial charge in [0.25, 0.3) is 5.91 Å².